The van der Waals surface area contributed by atoms with Crippen molar-refractivity contribution in [2.75, 3.05) is 14.2 Å². The normalized spacial score (nSPS) is 12.1. The topological polar surface area (TPSA) is 18.5 Å². The number of methoxy groups -OCH3 is 2. The number of hydrogen-bond donors (Lipinski definition) is 0. The van der Waals surface area contributed by atoms with Crippen LogP contribution in [0.1, 0.15) is 21.5 Å². The van der Waals surface area contributed by atoms with Crippen LogP contribution in [0, 0.1) is 12.7 Å². The van der Waals surface area contributed by atoms with Crippen LogP contribution in [-0.4, -0.2) is 14.2 Å². The molecule has 1 atom stereocenters. The van der Waals surface area contributed by atoms with E-state index in [9.17, 15) is 4.39 Å². The van der Waals surface area contributed by atoms with Gasteiger partial charge in [0.25, 0.3) is 0 Å². The quantitative estimate of drug-likeness (QED) is 0.620. The highest BCUT2D eigenvalue weighted by molar-refractivity contribution is 9.10. The fourth-order valence-corrected chi connectivity index (χ4v) is 3.47. The highest BCUT2D eigenvalue weighted by Gasteiger charge is 2.20. The van der Waals surface area contributed by atoms with Gasteiger partial charge in [0.05, 0.1) is 23.5 Å². The minimum atomic E-state index is -0.261. The SMILES string of the molecule is COc1cc(C(Br)c2cc(F)ccc2C)c(OC)cc1Br. The fourth-order valence-electron chi connectivity index (χ4n) is 2.13. The molecule has 0 fully saturated rings. The van der Waals surface area contributed by atoms with Gasteiger partial charge in [0.15, 0.2) is 0 Å². The zero-order valence-electron chi connectivity index (χ0n) is 11.9. The van der Waals surface area contributed by atoms with Crippen molar-refractivity contribution in [3.8, 4) is 11.5 Å². The summed E-state index contributed by atoms with van der Waals surface area (Å²) in [4.78, 5) is -0.190. The maximum atomic E-state index is 13.5. The molecule has 0 N–H and O–H groups in total. The molecule has 0 spiro atoms. The average Bonchev–Trinajstić information content (AvgIpc) is 2.48. The minimum Gasteiger partial charge on any atom is -0.496 e. The molecule has 0 aliphatic heterocycles. The lowest BCUT2D eigenvalue weighted by Crippen LogP contribution is -2.01. The van der Waals surface area contributed by atoms with E-state index < -0.39 is 0 Å². The number of benzene rings is 2. The standard InChI is InChI=1S/C16H15Br2FO2/c1-9-4-5-10(19)6-11(9)16(18)12-7-15(21-3)13(17)8-14(12)20-2/h4-8,16H,1-3H3. The van der Waals surface area contributed by atoms with Gasteiger partial charge in [-0.3, -0.25) is 0 Å². The van der Waals surface area contributed by atoms with Gasteiger partial charge in [-0.25, -0.2) is 4.39 Å². The summed E-state index contributed by atoms with van der Waals surface area (Å²) in [5.41, 5.74) is 2.74. The van der Waals surface area contributed by atoms with Gasteiger partial charge in [-0.05, 0) is 58.2 Å². The second-order valence-electron chi connectivity index (χ2n) is 4.59. The summed E-state index contributed by atoms with van der Waals surface area (Å²) < 4.78 is 25.1. The van der Waals surface area contributed by atoms with Gasteiger partial charge in [-0.1, -0.05) is 22.0 Å². The lowest BCUT2D eigenvalue weighted by Gasteiger charge is -2.18. The molecule has 2 rings (SSSR count). The van der Waals surface area contributed by atoms with Crippen LogP contribution in [0.4, 0.5) is 4.39 Å². The molecule has 2 nitrogen and oxygen atoms in total. The summed E-state index contributed by atoms with van der Waals surface area (Å²) in [7, 11) is 3.21. The predicted octanol–water partition coefficient (Wildman–Crippen LogP) is 5.40. The Morgan fingerprint density at radius 1 is 1.00 bits per heavy atom. The largest absolute Gasteiger partial charge is 0.496 e. The van der Waals surface area contributed by atoms with Gasteiger partial charge in [-0.15, -0.1) is 0 Å². The van der Waals surface area contributed by atoms with E-state index in [1.807, 2.05) is 19.1 Å². The van der Waals surface area contributed by atoms with Gasteiger partial charge < -0.3 is 9.47 Å². The Hall–Kier alpha value is -1.07. The molecule has 5 heteroatoms. The molecule has 0 heterocycles. The first-order valence-corrected chi connectivity index (χ1v) is 8.00. The van der Waals surface area contributed by atoms with Crippen molar-refractivity contribution in [1.29, 1.82) is 0 Å². The Labute approximate surface area is 140 Å². The van der Waals surface area contributed by atoms with Crippen molar-refractivity contribution in [3.63, 3.8) is 0 Å². The molecule has 0 saturated carbocycles. The monoisotopic (exact) mass is 416 g/mol. The Morgan fingerprint density at radius 3 is 2.29 bits per heavy atom. The summed E-state index contributed by atoms with van der Waals surface area (Å²) in [6.45, 7) is 1.95. The molecule has 0 aliphatic carbocycles. The molecule has 0 bridgehead atoms. The van der Waals surface area contributed by atoms with Gasteiger partial charge in [0.2, 0.25) is 0 Å². The van der Waals surface area contributed by atoms with Crippen LogP contribution in [0.2, 0.25) is 0 Å². The molecule has 0 amide bonds. The predicted molar refractivity (Wildman–Crippen MR) is 89.2 cm³/mol. The van der Waals surface area contributed by atoms with Gasteiger partial charge in [0, 0.05) is 5.56 Å². The van der Waals surface area contributed by atoms with E-state index in [0.29, 0.717) is 11.5 Å². The molecule has 112 valence electrons. The fraction of sp³-hybridized carbons (Fsp3) is 0.250. The summed E-state index contributed by atoms with van der Waals surface area (Å²) in [6.07, 6.45) is 0. The van der Waals surface area contributed by atoms with E-state index in [1.165, 1.54) is 12.1 Å². The van der Waals surface area contributed by atoms with Gasteiger partial charge in [-0.2, -0.15) is 0 Å². The van der Waals surface area contributed by atoms with Crippen LogP contribution in [0.3, 0.4) is 0 Å². The zero-order valence-corrected chi connectivity index (χ0v) is 15.1. The maximum Gasteiger partial charge on any atom is 0.133 e. The van der Waals surface area contributed by atoms with Gasteiger partial charge in [0.1, 0.15) is 17.3 Å². The number of alkyl halides is 1. The van der Waals surface area contributed by atoms with Crippen molar-refractivity contribution >= 4 is 31.9 Å². The Balaban J connectivity index is 2.56. The van der Waals surface area contributed by atoms with Crippen LogP contribution >= 0.6 is 31.9 Å². The van der Waals surface area contributed by atoms with Crippen LogP contribution < -0.4 is 9.47 Å². The molecule has 2 aromatic carbocycles. The molecule has 21 heavy (non-hydrogen) atoms. The summed E-state index contributed by atoms with van der Waals surface area (Å²) in [5.74, 6) is 1.14. The summed E-state index contributed by atoms with van der Waals surface area (Å²) >= 11 is 7.07. The second kappa shape index (κ2) is 6.79. The molecule has 0 radical (unpaired) electrons. The van der Waals surface area contributed by atoms with E-state index in [4.69, 9.17) is 9.47 Å². The summed E-state index contributed by atoms with van der Waals surface area (Å²) in [6, 6.07) is 8.48. The van der Waals surface area contributed by atoms with Crippen LogP contribution in [0.5, 0.6) is 11.5 Å². The first-order chi connectivity index (χ1) is 9.97. The molecule has 0 saturated heterocycles. The number of hydrogen-bond acceptors (Lipinski definition) is 2. The molecular formula is C16H15Br2FO2. The average molecular weight is 418 g/mol. The maximum absolute atomic E-state index is 13.5. The van der Waals surface area contributed by atoms with E-state index in [0.717, 1.165) is 21.2 Å². The van der Waals surface area contributed by atoms with Crippen LogP contribution in [0.25, 0.3) is 0 Å². The first-order valence-electron chi connectivity index (χ1n) is 6.29. The van der Waals surface area contributed by atoms with E-state index in [-0.39, 0.29) is 10.6 Å². The lowest BCUT2D eigenvalue weighted by atomic mass is 9.99. The number of halogens is 3. The Kier molecular flexibility index (Phi) is 5.27. The highest BCUT2D eigenvalue weighted by Crippen LogP contribution is 2.42. The van der Waals surface area contributed by atoms with E-state index in [2.05, 4.69) is 31.9 Å². The highest BCUT2D eigenvalue weighted by atomic mass is 79.9. The first kappa shape index (κ1) is 16.3. The van der Waals surface area contributed by atoms with E-state index >= 15 is 0 Å². The molecule has 2 aromatic rings. The van der Waals surface area contributed by atoms with E-state index in [1.54, 1.807) is 20.3 Å². The third-order valence-electron chi connectivity index (χ3n) is 3.29. The third-order valence-corrected chi connectivity index (χ3v) is 4.90. The smallest absolute Gasteiger partial charge is 0.133 e. The van der Waals surface area contributed by atoms with Crippen molar-refractivity contribution in [1.82, 2.24) is 0 Å². The molecule has 1 unspecified atom stereocenters. The number of rotatable bonds is 4. The minimum absolute atomic E-state index is 0.190. The molecular weight excluding hydrogens is 403 g/mol. The van der Waals surface area contributed by atoms with Crippen LogP contribution in [-0.2, 0) is 0 Å². The van der Waals surface area contributed by atoms with Crippen molar-refractivity contribution in [3.05, 3.63) is 57.3 Å². The Morgan fingerprint density at radius 2 is 1.67 bits per heavy atom. The third kappa shape index (κ3) is 3.40. The Bertz CT molecular complexity index is 659. The lowest BCUT2D eigenvalue weighted by molar-refractivity contribution is 0.397. The van der Waals surface area contributed by atoms with Crippen LogP contribution in [0.15, 0.2) is 34.8 Å². The van der Waals surface area contributed by atoms with Crippen molar-refractivity contribution < 1.29 is 13.9 Å². The zero-order chi connectivity index (χ0) is 15.6. The molecule has 0 aliphatic rings. The number of ether oxygens (including phenoxy) is 2. The van der Waals surface area contributed by atoms with Gasteiger partial charge >= 0.3 is 0 Å². The second-order valence-corrected chi connectivity index (χ2v) is 6.36. The van der Waals surface area contributed by atoms with Crippen molar-refractivity contribution in [2.24, 2.45) is 0 Å². The van der Waals surface area contributed by atoms with Crippen molar-refractivity contribution in [2.45, 2.75) is 11.8 Å². The molecule has 0 aromatic heterocycles. The summed E-state index contributed by atoms with van der Waals surface area (Å²) in [5, 5.41) is 0. The number of aryl methyl sites for hydroxylation is 1.